The molecule has 0 aliphatic carbocycles. The van der Waals surface area contributed by atoms with Gasteiger partial charge in [0.05, 0.1) is 5.88 Å². The smallest absolute Gasteiger partial charge is 0.250 e. The topological polar surface area (TPSA) is 25.4 Å². The van der Waals surface area contributed by atoms with E-state index in [1.807, 2.05) is 0 Å². The van der Waals surface area contributed by atoms with E-state index in [4.69, 9.17) is 16.3 Å². The lowest BCUT2D eigenvalue weighted by molar-refractivity contribution is 0.105. The second-order valence-corrected chi connectivity index (χ2v) is 4.61. The second kappa shape index (κ2) is 5.65. The summed E-state index contributed by atoms with van der Waals surface area (Å²) in [5.41, 5.74) is 0.435. The summed E-state index contributed by atoms with van der Waals surface area (Å²) in [7, 11) is 2.07. The molecule has 1 aromatic heterocycles. The molecule has 2 rings (SSSR count). The van der Waals surface area contributed by atoms with Gasteiger partial charge in [0.2, 0.25) is 0 Å². The molecule has 0 unspecified atom stereocenters. The van der Waals surface area contributed by atoms with Crippen molar-refractivity contribution in [3.05, 3.63) is 23.6 Å². The molecular weight excluding hydrogens is 243 g/mol. The number of alkyl halides is 1. The number of aromatic nitrogens is 1. The van der Waals surface area contributed by atoms with Crippen molar-refractivity contribution < 1.29 is 9.13 Å². The first-order chi connectivity index (χ1) is 8.20. The largest absolute Gasteiger partial charge is 0.472 e. The molecule has 1 saturated heterocycles. The molecule has 0 N–H and O–H groups in total. The van der Waals surface area contributed by atoms with Crippen LogP contribution in [0.2, 0.25) is 0 Å². The Kier molecular flexibility index (Phi) is 4.18. The standard InChI is InChI=1S/C12H16ClFN2O/c1-16-6-3-10(4-7-16)17-12-11(14)9(8-13)2-5-15-12/h2,5,10H,3-4,6-8H2,1H3. The fourth-order valence-corrected chi connectivity index (χ4v) is 2.11. The normalized spacial score (nSPS) is 18.3. The van der Waals surface area contributed by atoms with Crippen LogP contribution in [0.15, 0.2) is 12.3 Å². The van der Waals surface area contributed by atoms with Gasteiger partial charge in [0, 0.05) is 24.8 Å². The fraction of sp³-hybridized carbons (Fsp3) is 0.583. The van der Waals surface area contributed by atoms with Gasteiger partial charge in [0.1, 0.15) is 6.10 Å². The number of hydrogen-bond donors (Lipinski definition) is 0. The van der Waals surface area contributed by atoms with Crippen LogP contribution in [0, 0.1) is 5.82 Å². The first kappa shape index (κ1) is 12.6. The molecule has 0 spiro atoms. The molecule has 0 radical (unpaired) electrons. The predicted octanol–water partition coefficient (Wildman–Crippen LogP) is 2.43. The summed E-state index contributed by atoms with van der Waals surface area (Å²) < 4.78 is 19.4. The van der Waals surface area contributed by atoms with E-state index in [-0.39, 0.29) is 17.9 Å². The third-order valence-electron chi connectivity index (χ3n) is 3.03. The van der Waals surface area contributed by atoms with E-state index in [1.165, 1.54) is 6.20 Å². The van der Waals surface area contributed by atoms with Crippen LogP contribution in [-0.4, -0.2) is 36.1 Å². The van der Waals surface area contributed by atoms with Gasteiger partial charge in [-0.3, -0.25) is 0 Å². The molecule has 1 fully saturated rings. The number of nitrogens with zero attached hydrogens (tertiary/aromatic N) is 2. The molecule has 0 aromatic carbocycles. The number of piperidine rings is 1. The van der Waals surface area contributed by atoms with E-state index in [0.717, 1.165) is 25.9 Å². The summed E-state index contributed by atoms with van der Waals surface area (Å²) in [4.78, 5) is 6.17. The molecule has 94 valence electrons. The molecule has 0 bridgehead atoms. The number of ether oxygens (including phenoxy) is 1. The molecule has 0 atom stereocenters. The van der Waals surface area contributed by atoms with Gasteiger partial charge in [-0.25, -0.2) is 9.37 Å². The van der Waals surface area contributed by atoms with Crippen LogP contribution in [0.3, 0.4) is 0 Å². The minimum absolute atomic E-state index is 0.0544. The van der Waals surface area contributed by atoms with Crippen LogP contribution >= 0.6 is 11.6 Å². The predicted molar refractivity (Wildman–Crippen MR) is 64.9 cm³/mol. The third kappa shape index (κ3) is 3.07. The highest BCUT2D eigenvalue weighted by Gasteiger charge is 2.20. The van der Waals surface area contributed by atoms with Crippen molar-refractivity contribution in [1.29, 1.82) is 0 Å². The van der Waals surface area contributed by atoms with E-state index in [0.29, 0.717) is 5.56 Å². The molecule has 1 aliphatic heterocycles. The van der Waals surface area contributed by atoms with E-state index in [1.54, 1.807) is 6.07 Å². The molecule has 3 nitrogen and oxygen atoms in total. The third-order valence-corrected chi connectivity index (χ3v) is 3.31. The van der Waals surface area contributed by atoms with Crippen molar-refractivity contribution in [3.63, 3.8) is 0 Å². The molecule has 17 heavy (non-hydrogen) atoms. The van der Waals surface area contributed by atoms with Gasteiger partial charge < -0.3 is 9.64 Å². The van der Waals surface area contributed by atoms with Crippen molar-refractivity contribution in [1.82, 2.24) is 9.88 Å². The monoisotopic (exact) mass is 258 g/mol. The van der Waals surface area contributed by atoms with Gasteiger partial charge >= 0.3 is 0 Å². The highest BCUT2D eigenvalue weighted by Crippen LogP contribution is 2.22. The molecule has 1 aliphatic rings. The average molecular weight is 259 g/mol. The Labute approximate surface area is 106 Å². The van der Waals surface area contributed by atoms with Gasteiger partial charge in [0.15, 0.2) is 5.82 Å². The van der Waals surface area contributed by atoms with Crippen molar-refractivity contribution in [2.45, 2.75) is 24.8 Å². The average Bonchev–Trinajstić information content (AvgIpc) is 2.35. The first-order valence-corrected chi connectivity index (χ1v) is 6.28. The van der Waals surface area contributed by atoms with E-state index >= 15 is 0 Å². The Morgan fingerprint density at radius 1 is 1.53 bits per heavy atom. The summed E-state index contributed by atoms with van der Waals surface area (Å²) in [6.07, 6.45) is 3.40. The second-order valence-electron chi connectivity index (χ2n) is 4.34. The minimum atomic E-state index is -0.429. The minimum Gasteiger partial charge on any atom is -0.472 e. The Bertz CT molecular complexity index is 381. The Morgan fingerprint density at radius 2 is 2.24 bits per heavy atom. The number of hydrogen-bond acceptors (Lipinski definition) is 3. The van der Waals surface area contributed by atoms with Crippen LogP contribution in [-0.2, 0) is 5.88 Å². The highest BCUT2D eigenvalue weighted by molar-refractivity contribution is 6.17. The van der Waals surface area contributed by atoms with Crippen molar-refractivity contribution in [2.75, 3.05) is 20.1 Å². The molecule has 2 heterocycles. The molecule has 5 heteroatoms. The zero-order valence-corrected chi connectivity index (χ0v) is 10.6. The number of halogens is 2. The van der Waals surface area contributed by atoms with Crippen molar-refractivity contribution in [3.8, 4) is 5.88 Å². The summed E-state index contributed by atoms with van der Waals surface area (Å²) in [5.74, 6) is -0.211. The van der Waals surface area contributed by atoms with Crippen LogP contribution in [0.25, 0.3) is 0 Å². The SMILES string of the molecule is CN1CCC(Oc2nccc(CCl)c2F)CC1. The van der Waals surface area contributed by atoms with Crippen molar-refractivity contribution in [2.24, 2.45) is 0 Å². The van der Waals surface area contributed by atoms with Crippen LogP contribution in [0.1, 0.15) is 18.4 Å². The number of rotatable bonds is 3. The molecule has 0 saturated carbocycles. The molecule has 1 aromatic rings. The lowest BCUT2D eigenvalue weighted by Gasteiger charge is -2.29. The van der Waals surface area contributed by atoms with Crippen LogP contribution in [0.5, 0.6) is 5.88 Å². The maximum atomic E-state index is 13.8. The Morgan fingerprint density at radius 3 is 2.88 bits per heavy atom. The highest BCUT2D eigenvalue weighted by atomic mass is 35.5. The zero-order valence-electron chi connectivity index (χ0n) is 9.83. The number of pyridine rings is 1. The van der Waals surface area contributed by atoms with E-state index in [2.05, 4.69) is 16.9 Å². The number of likely N-dealkylation sites (tertiary alicyclic amines) is 1. The van der Waals surface area contributed by atoms with Crippen LogP contribution in [0.4, 0.5) is 4.39 Å². The van der Waals surface area contributed by atoms with Crippen LogP contribution < -0.4 is 4.74 Å². The zero-order chi connectivity index (χ0) is 12.3. The maximum Gasteiger partial charge on any atom is 0.250 e. The fourth-order valence-electron chi connectivity index (χ4n) is 1.91. The van der Waals surface area contributed by atoms with Crippen molar-refractivity contribution >= 4 is 11.6 Å². The summed E-state index contributed by atoms with van der Waals surface area (Å²) >= 11 is 5.64. The van der Waals surface area contributed by atoms with Gasteiger partial charge in [-0.05, 0) is 26.0 Å². The van der Waals surface area contributed by atoms with Gasteiger partial charge in [-0.1, -0.05) is 0 Å². The quantitative estimate of drug-likeness (QED) is 0.779. The van der Waals surface area contributed by atoms with Gasteiger partial charge in [0.25, 0.3) is 5.88 Å². The summed E-state index contributed by atoms with van der Waals surface area (Å²) in [6, 6.07) is 1.57. The van der Waals surface area contributed by atoms with Gasteiger partial charge in [-0.15, -0.1) is 11.6 Å². The summed E-state index contributed by atoms with van der Waals surface area (Å²) in [5, 5.41) is 0. The first-order valence-electron chi connectivity index (χ1n) is 5.75. The Balaban J connectivity index is 2.03. The lowest BCUT2D eigenvalue weighted by atomic mass is 10.1. The molecular formula is C12H16ClFN2O. The van der Waals surface area contributed by atoms with Gasteiger partial charge in [-0.2, -0.15) is 0 Å². The lowest BCUT2D eigenvalue weighted by Crippen LogP contribution is -2.36. The maximum absolute atomic E-state index is 13.8. The Hall–Kier alpha value is -0.870. The summed E-state index contributed by atoms with van der Waals surface area (Å²) in [6.45, 7) is 1.95. The van der Waals surface area contributed by atoms with E-state index in [9.17, 15) is 4.39 Å². The molecule has 0 amide bonds. The van der Waals surface area contributed by atoms with E-state index < -0.39 is 5.82 Å².